The number of aromatic nitrogens is 3. The van der Waals surface area contributed by atoms with Gasteiger partial charge in [0, 0.05) is 11.6 Å². The molecule has 1 aromatic carbocycles. The molecule has 4 rings (SSSR count). The molecule has 0 saturated carbocycles. The quantitative estimate of drug-likeness (QED) is 0.580. The predicted molar refractivity (Wildman–Crippen MR) is 99.3 cm³/mol. The van der Waals surface area contributed by atoms with Crippen molar-refractivity contribution in [1.29, 1.82) is 0 Å². The van der Waals surface area contributed by atoms with Crippen molar-refractivity contribution in [2.45, 2.75) is 33.4 Å². The van der Waals surface area contributed by atoms with Crippen molar-refractivity contribution in [1.82, 2.24) is 19.9 Å². The molecule has 0 aliphatic heterocycles. The third-order valence-electron chi connectivity index (χ3n) is 4.81. The fourth-order valence-corrected chi connectivity index (χ4v) is 3.26. The summed E-state index contributed by atoms with van der Waals surface area (Å²) < 4.78 is 6.04. The van der Waals surface area contributed by atoms with E-state index in [1.807, 2.05) is 24.3 Å². The first-order valence-corrected chi connectivity index (χ1v) is 8.68. The number of imidazole rings is 1. The molecule has 1 unspecified atom stereocenters. The van der Waals surface area contributed by atoms with Gasteiger partial charge < -0.3 is 9.40 Å². The second-order valence-corrected chi connectivity index (χ2v) is 6.44. The molecule has 4 aromatic rings. The maximum Gasteiger partial charge on any atom is 0.178 e. The molecule has 0 aliphatic carbocycles. The SMILES string of the molecule is CCN(Cc1nc2nccc(C)c2[nH]1)C(C)c1cc2ccccc2o1. The highest BCUT2D eigenvalue weighted by Crippen LogP contribution is 2.28. The van der Waals surface area contributed by atoms with Gasteiger partial charge in [-0.15, -0.1) is 0 Å². The van der Waals surface area contributed by atoms with Gasteiger partial charge in [0.2, 0.25) is 0 Å². The number of aryl methyl sites for hydroxylation is 1. The summed E-state index contributed by atoms with van der Waals surface area (Å²) in [4.78, 5) is 14.7. The monoisotopic (exact) mass is 334 g/mol. The van der Waals surface area contributed by atoms with Crippen molar-refractivity contribution < 1.29 is 4.42 Å². The van der Waals surface area contributed by atoms with Crippen LogP contribution in [0, 0.1) is 6.92 Å². The van der Waals surface area contributed by atoms with Gasteiger partial charge in [0.25, 0.3) is 0 Å². The molecule has 0 spiro atoms. The molecule has 5 nitrogen and oxygen atoms in total. The van der Waals surface area contributed by atoms with Crippen LogP contribution in [0.15, 0.2) is 47.0 Å². The number of aromatic amines is 1. The van der Waals surface area contributed by atoms with Crippen LogP contribution in [-0.2, 0) is 6.54 Å². The van der Waals surface area contributed by atoms with E-state index < -0.39 is 0 Å². The first kappa shape index (κ1) is 15.8. The molecule has 0 saturated heterocycles. The lowest BCUT2D eigenvalue weighted by molar-refractivity contribution is 0.187. The van der Waals surface area contributed by atoms with E-state index in [2.05, 4.69) is 52.8 Å². The Balaban J connectivity index is 1.61. The van der Waals surface area contributed by atoms with Crippen LogP contribution in [0.4, 0.5) is 0 Å². The zero-order chi connectivity index (χ0) is 17.4. The fourth-order valence-electron chi connectivity index (χ4n) is 3.26. The van der Waals surface area contributed by atoms with Gasteiger partial charge in [-0.05, 0) is 44.2 Å². The van der Waals surface area contributed by atoms with E-state index in [1.54, 1.807) is 6.20 Å². The van der Waals surface area contributed by atoms with Gasteiger partial charge in [0.15, 0.2) is 5.65 Å². The number of nitrogens with zero attached hydrogens (tertiary/aromatic N) is 3. The molecule has 25 heavy (non-hydrogen) atoms. The van der Waals surface area contributed by atoms with E-state index in [9.17, 15) is 0 Å². The fraction of sp³-hybridized carbons (Fsp3) is 0.300. The van der Waals surface area contributed by atoms with Crippen LogP contribution in [0.25, 0.3) is 22.1 Å². The molecular weight excluding hydrogens is 312 g/mol. The van der Waals surface area contributed by atoms with Gasteiger partial charge in [-0.25, -0.2) is 9.97 Å². The summed E-state index contributed by atoms with van der Waals surface area (Å²) >= 11 is 0. The number of para-hydroxylation sites is 1. The molecule has 0 radical (unpaired) electrons. The highest BCUT2D eigenvalue weighted by atomic mass is 16.3. The second kappa shape index (κ2) is 6.33. The summed E-state index contributed by atoms with van der Waals surface area (Å²) in [6.45, 7) is 8.03. The average molecular weight is 334 g/mol. The van der Waals surface area contributed by atoms with Crippen LogP contribution in [0.1, 0.15) is 37.0 Å². The molecule has 0 fully saturated rings. The predicted octanol–water partition coefficient (Wildman–Crippen LogP) is 4.60. The van der Waals surface area contributed by atoms with Crippen LogP contribution in [0.2, 0.25) is 0 Å². The van der Waals surface area contributed by atoms with Crippen molar-refractivity contribution in [2.75, 3.05) is 6.54 Å². The summed E-state index contributed by atoms with van der Waals surface area (Å²) in [5.41, 5.74) is 3.90. The number of nitrogens with one attached hydrogen (secondary N) is 1. The van der Waals surface area contributed by atoms with Gasteiger partial charge in [0.1, 0.15) is 17.2 Å². The number of H-pyrrole nitrogens is 1. The maximum absolute atomic E-state index is 6.04. The minimum absolute atomic E-state index is 0.166. The first-order chi connectivity index (χ1) is 12.2. The van der Waals surface area contributed by atoms with Gasteiger partial charge in [-0.2, -0.15) is 0 Å². The smallest absolute Gasteiger partial charge is 0.178 e. The lowest BCUT2D eigenvalue weighted by Gasteiger charge is -2.25. The summed E-state index contributed by atoms with van der Waals surface area (Å²) in [6, 6.07) is 12.4. The lowest BCUT2D eigenvalue weighted by Crippen LogP contribution is -2.26. The number of furan rings is 1. The Morgan fingerprint density at radius 1 is 1.24 bits per heavy atom. The minimum Gasteiger partial charge on any atom is -0.459 e. The van der Waals surface area contributed by atoms with Crippen LogP contribution in [0.3, 0.4) is 0 Å². The standard InChI is InChI=1S/C20H22N4O/c1-4-24(12-18-22-19-13(2)9-10-21-20(19)23-18)14(3)17-11-15-7-5-6-8-16(15)25-17/h5-11,14H,4,12H2,1-3H3,(H,21,22,23). The number of hydrogen-bond acceptors (Lipinski definition) is 4. The number of rotatable bonds is 5. The Morgan fingerprint density at radius 3 is 2.84 bits per heavy atom. The Morgan fingerprint density at radius 2 is 2.08 bits per heavy atom. The normalized spacial score (nSPS) is 13.1. The van der Waals surface area contributed by atoms with E-state index in [1.165, 1.54) is 0 Å². The van der Waals surface area contributed by atoms with E-state index in [-0.39, 0.29) is 6.04 Å². The first-order valence-electron chi connectivity index (χ1n) is 8.68. The maximum atomic E-state index is 6.04. The molecule has 0 bridgehead atoms. The largest absolute Gasteiger partial charge is 0.459 e. The number of pyridine rings is 1. The van der Waals surface area contributed by atoms with E-state index in [0.29, 0.717) is 0 Å². The highest BCUT2D eigenvalue weighted by molar-refractivity contribution is 5.77. The van der Waals surface area contributed by atoms with Crippen molar-refractivity contribution >= 4 is 22.1 Å². The van der Waals surface area contributed by atoms with E-state index >= 15 is 0 Å². The summed E-state index contributed by atoms with van der Waals surface area (Å²) in [5, 5.41) is 1.14. The summed E-state index contributed by atoms with van der Waals surface area (Å²) in [5.74, 6) is 1.91. The second-order valence-electron chi connectivity index (χ2n) is 6.44. The van der Waals surface area contributed by atoms with Crippen LogP contribution >= 0.6 is 0 Å². The van der Waals surface area contributed by atoms with Gasteiger partial charge in [-0.3, -0.25) is 4.90 Å². The third-order valence-corrected chi connectivity index (χ3v) is 4.81. The molecular formula is C20H22N4O. The zero-order valence-electron chi connectivity index (χ0n) is 14.8. The number of fused-ring (bicyclic) bond motifs is 2. The molecule has 0 amide bonds. The molecule has 128 valence electrons. The number of benzene rings is 1. The van der Waals surface area contributed by atoms with Gasteiger partial charge in [-0.1, -0.05) is 25.1 Å². The van der Waals surface area contributed by atoms with E-state index in [0.717, 1.165) is 52.4 Å². The lowest BCUT2D eigenvalue weighted by atomic mass is 10.2. The van der Waals surface area contributed by atoms with Crippen LogP contribution in [-0.4, -0.2) is 26.4 Å². The molecule has 1 N–H and O–H groups in total. The Labute approximate surface area is 146 Å². The average Bonchev–Trinajstić information content (AvgIpc) is 3.23. The summed E-state index contributed by atoms with van der Waals surface area (Å²) in [6.07, 6.45) is 1.80. The van der Waals surface area contributed by atoms with E-state index in [4.69, 9.17) is 4.42 Å². The van der Waals surface area contributed by atoms with Crippen molar-refractivity contribution in [2.24, 2.45) is 0 Å². The van der Waals surface area contributed by atoms with Crippen LogP contribution < -0.4 is 0 Å². The van der Waals surface area contributed by atoms with Crippen molar-refractivity contribution in [3.8, 4) is 0 Å². The topological polar surface area (TPSA) is 58.0 Å². The van der Waals surface area contributed by atoms with Crippen molar-refractivity contribution in [3.05, 3.63) is 59.7 Å². The zero-order valence-corrected chi connectivity index (χ0v) is 14.8. The molecule has 3 heterocycles. The van der Waals surface area contributed by atoms with Gasteiger partial charge >= 0.3 is 0 Å². The molecule has 1 atom stereocenters. The third kappa shape index (κ3) is 2.91. The summed E-state index contributed by atoms with van der Waals surface area (Å²) in [7, 11) is 0. The molecule has 5 heteroatoms. The Bertz CT molecular complexity index is 984. The highest BCUT2D eigenvalue weighted by Gasteiger charge is 2.20. The van der Waals surface area contributed by atoms with Crippen LogP contribution in [0.5, 0.6) is 0 Å². The Hall–Kier alpha value is -2.66. The Kier molecular flexibility index (Phi) is 4.01. The number of hydrogen-bond donors (Lipinski definition) is 1. The molecule has 3 aromatic heterocycles. The molecule has 0 aliphatic rings. The van der Waals surface area contributed by atoms with Crippen molar-refractivity contribution in [3.63, 3.8) is 0 Å². The minimum atomic E-state index is 0.166. The van der Waals surface area contributed by atoms with Gasteiger partial charge in [0.05, 0.1) is 18.1 Å².